The quantitative estimate of drug-likeness (QED) is 0.608. The van der Waals surface area contributed by atoms with Gasteiger partial charge in [-0.05, 0) is 51.7 Å². The van der Waals surface area contributed by atoms with Gasteiger partial charge in [-0.15, -0.1) is 0 Å². The summed E-state index contributed by atoms with van der Waals surface area (Å²) in [5.41, 5.74) is 0. The summed E-state index contributed by atoms with van der Waals surface area (Å²) in [5, 5.41) is 13.3. The molecule has 18 heavy (non-hydrogen) atoms. The molecule has 1 rings (SSSR count). The van der Waals surface area contributed by atoms with E-state index in [0.717, 1.165) is 38.6 Å². The summed E-state index contributed by atoms with van der Waals surface area (Å²) < 4.78 is 5.25. The van der Waals surface area contributed by atoms with Gasteiger partial charge in [0.15, 0.2) is 0 Å². The molecule has 0 radical (unpaired) electrons. The van der Waals surface area contributed by atoms with Crippen molar-refractivity contribution in [2.45, 2.75) is 39.2 Å². The second-order valence-electron chi connectivity index (χ2n) is 5.29. The third kappa shape index (κ3) is 6.69. The monoisotopic (exact) mass is 258 g/mol. The molecule has 0 amide bonds. The summed E-state index contributed by atoms with van der Waals surface area (Å²) in [6, 6.07) is 0. The minimum atomic E-state index is -0.340. The van der Waals surface area contributed by atoms with Crippen LogP contribution in [0.3, 0.4) is 0 Å². The molecule has 0 aliphatic carbocycles. The van der Waals surface area contributed by atoms with Gasteiger partial charge in [-0.25, -0.2) is 0 Å². The van der Waals surface area contributed by atoms with Crippen LogP contribution in [0.1, 0.15) is 33.1 Å². The van der Waals surface area contributed by atoms with Gasteiger partial charge in [-0.1, -0.05) is 6.92 Å². The number of β-amino-alcohol motifs (C(OH)–C–C–N with tert-alkyl or cyclic N) is 1. The van der Waals surface area contributed by atoms with Crippen LogP contribution in [0.15, 0.2) is 0 Å². The molecule has 2 unspecified atom stereocenters. The molecule has 1 fully saturated rings. The third-order valence-electron chi connectivity index (χ3n) is 3.45. The molecule has 0 aromatic carbocycles. The fourth-order valence-electron chi connectivity index (χ4n) is 2.57. The standard InChI is InChI=1S/C14H30N2O2/c1-3-7-15-9-13-6-5-8-16(10-13)11-14(17)12-18-4-2/h13-15,17H,3-12H2,1-2H3. The molecule has 1 aliphatic heterocycles. The number of aliphatic hydroxyl groups excluding tert-OH is 1. The van der Waals surface area contributed by atoms with Crippen molar-refractivity contribution < 1.29 is 9.84 Å². The van der Waals surface area contributed by atoms with Crippen LogP contribution in [0.2, 0.25) is 0 Å². The van der Waals surface area contributed by atoms with Crippen molar-refractivity contribution in [2.24, 2.45) is 5.92 Å². The van der Waals surface area contributed by atoms with Crippen LogP contribution in [0.5, 0.6) is 0 Å². The second kappa shape index (κ2) is 9.73. The van der Waals surface area contributed by atoms with E-state index in [4.69, 9.17) is 4.74 Å². The van der Waals surface area contributed by atoms with E-state index >= 15 is 0 Å². The second-order valence-corrected chi connectivity index (χ2v) is 5.29. The Kier molecular flexibility index (Phi) is 8.59. The van der Waals surface area contributed by atoms with Crippen molar-refractivity contribution >= 4 is 0 Å². The van der Waals surface area contributed by atoms with Crippen molar-refractivity contribution in [3.8, 4) is 0 Å². The molecule has 2 atom stereocenters. The molecule has 0 bridgehead atoms. The fourth-order valence-corrected chi connectivity index (χ4v) is 2.57. The van der Waals surface area contributed by atoms with E-state index in [1.54, 1.807) is 0 Å². The van der Waals surface area contributed by atoms with E-state index in [0.29, 0.717) is 13.2 Å². The molecule has 1 saturated heterocycles. The maximum absolute atomic E-state index is 9.85. The zero-order valence-electron chi connectivity index (χ0n) is 12.0. The largest absolute Gasteiger partial charge is 0.389 e. The van der Waals surface area contributed by atoms with Crippen molar-refractivity contribution in [1.82, 2.24) is 10.2 Å². The Bertz CT molecular complexity index is 202. The molecule has 4 nitrogen and oxygen atoms in total. The van der Waals surface area contributed by atoms with Crippen molar-refractivity contribution in [3.63, 3.8) is 0 Å². The summed E-state index contributed by atoms with van der Waals surface area (Å²) in [6.45, 7) is 10.5. The predicted molar refractivity (Wildman–Crippen MR) is 74.8 cm³/mol. The van der Waals surface area contributed by atoms with Crippen molar-refractivity contribution in [1.29, 1.82) is 0 Å². The lowest BCUT2D eigenvalue weighted by Gasteiger charge is -2.34. The van der Waals surface area contributed by atoms with Gasteiger partial charge in [-0.2, -0.15) is 0 Å². The predicted octanol–water partition coefficient (Wildman–Crippen LogP) is 1.10. The molecule has 0 aromatic heterocycles. The van der Waals surface area contributed by atoms with Crippen LogP contribution in [0, 0.1) is 5.92 Å². The lowest BCUT2D eigenvalue weighted by Crippen LogP contribution is -2.43. The molecule has 108 valence electrons. The Labute approximate surface area is 112 Å². The van der Waals surface area contributed by atoms with E-state index in [9.17, 15) is 5.11 Å². The first-order valence-electron chi connectivity index (χ1n) is 7.45. The number of nitrogens with zero attached hydrogens (tertiary/aromatic N) is 1. The van der Waals surface area contributed by atoms with Gasteiger partial charge in [-0.3, -0.25) is 0 Å². The van der Waals surface area contributed by atoms with Crippen LogP contribution in [0.4, 0.5) is 0 Å². The number of ether oxygens (including phenoxy) is 1. The minimum absolute atomic E-state index is 0.340. The minimum Gasteiger partial charge on any atom is -0.389 e. The first-order valence-corrected chi connectivity index (χ1v) is 7.45. The average molecular weight is 258 g/mol. The molecule has 0 saturated carbocycles. The molecule has 1 heterocycles. The summed E-state index contributed by atoms with van der Waals surface area (Å²) >= 11 is 0. The van der Waals surface area contributed by atoms with Crippen molar-refractivity contribution in [2.75, 3.05) is 45.9 Å². The third-order valence-corrected chi connectivity index (χ3v) is 3.45. The molecular formula is C14H30N2O2. The van der Waals surface area contributed by atoms with Crippen LogP contribution >= 0.6 is 0 Å². The highest BCUT2D eigenvalue weighted by Gasteiger charge is 2.21. The lowest BCUT2D eigenvalue weighted by atomic mass is 9.97. The van der Waals surface area contributed by atoms with Crippen LogP contribution in [-0.2, 0) is 4.74 Å². The van der Waals surface area contributed by atoms with Gasteiger partial charge < -0.3 is 20.1 Å². The van der Waals surface area contributed by atoms with Gasteiger partial charge in [0.05, 0.1) is 12.7 Å². The van der Waals surface area contributed by atoms with E-state index in [1.807, 2.05) is 6.92 Å². The van der Waals surface area contributed by atoms with Crippen LogP contribution in [0.25, 0.3) is 0 Å². The highest BCUT2D eigenvalue weighted by molar-refractivity contribution is 4.76. The topological polar surface area (TPSA) is 44.7 Å². The first-order chi connectivity index (χ1) is 8.76. The fraction of sp³-hybridized carbons (Fsp3) is 1.00. The van der Waals surface area contributed by atoms with E-state index < -0.39 is 0 Å². The number of nitrogens with one attached hydrogen (secondary N) is 1. The summed E-state index contributed by atoms with van der Waals surface area (Å²) in [4.78, 5) is 2.38. The zero-order chi connectivity index (χ0) is 13.2. The number of likely N-dealkylation sites (tertiary alicyclic amines) is 1. The first kappa shape index (κ1) is 15.9. The number of rotatable bonds is 9. The van der Waals surface area contributed by atoms with Gasteiger partial charge in [0.25, 0.3) is 0 Å². The van der Waals surface area contributed by atoms with Crippen molar-refractivity contribution in [3.05, 3.63) is 0 Å². The van der Waals surface area contributed by atoms with Crippen LogP contribution < -0.4 is 5.32 Å². The normalized spacial score (nSPS) is 23.2. The van der Waals surface area contributed by atoms with E-state index in [-0.39, 0.29) is 6.10 Å². The highest BCUT2D eigenvalue weighted by atomic mass is 16.5. The number of hydrogen-bond donors (Lipinski definition) is 2. The van der Waals surface area contributed by atoms with E-state index in [2.05, 4.69) is 17.1 Å². The number of piperidine rings is 1. The summed E-state index contributed by atoms with van der Waals surface area (Å²) in [7, 11) is 0. The zero-order valence-corrected chi connectivity index (χ0v) is 12.0. The highest BCUT2D eigenvalue weighted by Crippen LogP contribution is 2.15. The number of aliphatic hydroxyl groups is 1. The Morgan fingerprint density at radius 3 is 3.00 bits per heavy atom. The molecule has 0 spiro atoms. The SMILES string of the molecule is CCCNCC1CCCN(CC(O)COCC)C1. The summed E-state index contributed by atoms with van der Waals surface area (Å²) in [5.74, 6) is 0.740. The van der Waals surface area contributed by atoms with E-state index in [1.165, 1.54) is 19.3 Å². The smallest absolute Gasteiger partial charge is 0.0900 e. The average Bonchev–Trinajstić information content (AvgIpc) is 2.37. The Hall–Kier alpha value is -0.160. The van der Waals surface area contributed by atoms with Gasteiger partial charge in [0.1, 0.15) is 0 Å². The van der Waals surface area contributed by atoms with Crippen LogP contribution in [-0.4, -0.2) is 62.0 Å². The van der Waals surface area contributed by atoms with Gasteiger partial charge in [0.2, 0.25) is 0 Å². The van der Waals surface area contributed by atoms with Gasteiger partial charge in [0, 0.05) is 19.7 Å². The Balaban J connectivity index is 2.17. The summed E-state index contributed by atoms with van der Waals surface area (Å²) in [6.07, 6.45) is 3.42. The Morgan fingerprint density at radius 2 is 2.28 bits per heavy atom. The molecule has 1 aliphatic rings. The molecule has 4 heteroatoms. The lowest BCUT2D eigenvalue weighted by molar-refractivity contribution is 0.0130. The maximum atomic E-state index is 9.85. The number of hydrogen-bond acceptors (Lipinski definition) is 4. The molecule has 0 aromatic rings. The van der Waals surface area contributed by atoms with Gasteiger partial charge >= 0.3 is 0 Å². The molecular weight excluding hydrogens is 228 g/mol. The molecule has 2 N–H and O–H groups in total. The Morgan fingerprint density at radius 1 is 1.44 bits per heavy atom. The maximum Gasteiger partial charge on any atom is 0.0900 e.